The summed E-state index contributed by atoms with van der Waals surface area (Å²) >= 11 is -1.86. The summed E-state index contributed by atoms with van der Waals surface area (Å²) in [6.45, 7) is 3.91. The van der Waals surface area contributed by atoms with Crippen LogP contribution < -0.4 is 15.9 Å². The molecule has 2 rings (SSSR count). The summed E-state index contributed by atoms with van der Waals surface area (Å²) in [6, 6.07) is 7.37. The zero-order chi connectivity index (χ0) is 12.4. The van der Waals surface area contributed by atoms with E-state index in [1.165, 1.54) is 12.4 Å². The predicted octanol–water partition coefficient (Wildman–Crippen LogP) is -0.396. The Hall–Kier alpha value is -1.16. The maximum absolute atomic E-state index is 11.6. The first-order valence-electron chi connectivity index (χ1n) is 5.43. The molecule has 0 saturated heterocycles. The first-order chi connectivity index (χ1) is 8.06. The van der Waals surface area contributed by atoms with Crippen molar-refractivity contribution in [1.29, 1.82) is 0 Å². The van der Waals surface area contributed by atoms with Gasteiger partial charge < -0.3 is 0 Å². The second-order valence-corrected chi connectivity index (χ2v) is 11.2. The van der Waals surface area contributed by atoms with Crippen molar-refractivity contribution in [2.75, 3.05) is 0 Å². The van der Waals surface area contributed by atoms with Gasteiger partial charge in [-0.15, -0.1) is 0 Å². The van der Waals surface area contributed by atoms with Crippen LogP contribution in [0.5, 0.6) is 0 Å². The van der Waals surface area contributed by atoms with Gasteiger partial charge in [-0.05, 0) is 0 Å². The molecule has 0 aliphatic heterocycles. The fraction of sp³-hybridized carbons (Fsp3) is 0.167. The quantitative estimate of drug-likeness (QED) is 0.380. The minimum absolute atomic E-state index is 0.806. The molecule has 0 atom stereocenters. The van der Waals surface area contributed by atoms with E-state index >= 15 is 0 Å². The van der Waals surface area contributed by atoms with Crippen molar-refractivity contribution in [3.8, 4) is 0 Å². The Morgan fingerprint density at radius 3 is 1.71 bits per heavy atom. The topological polar surface area (TPSA) is 53.9 Å². The van der Waals surface area contributed by atoms with Crippen LogP contribution in [0.4, 0.5) is 0 Å². The van der Waals surface area contributed by atoms with Gasteiger partial charge in [0.2, 0.25) is 0 Å². The molecule has 0 fully saturated rings. The van der Waals surface area contributed by atoms with Crippen LogP contribution >= 0.6 is 0 Å². The fourth-order valence-corrected chi connectivity index (χ4v) is 8.53. The average Bonchev–Trinajstić information content (AvgIpc) is 2.28. The van der Waals surface area contributed by atoms with Gasteiger partial charge in [-0.3, -0.25) is 0 Å². The van der Waals surface area contributed by atoms with E-state index in [1.54, 1.807) is 12.1 Å². The Bertz CT molecular complexity index is 509. The van der Waals surface area contributed by atoms with Crippen LogP contribution in [-0.2, 0) is 24.6 Å². The molecular weight excluding hydrogens is 405 g/mol. The van der Waals surface area contributed by atoms with E-state index in [0.29, 0.717) is 0 Å². The Balaban J connectivity index is 2.37. The normalized spacial score (nSPS) is 10.0. The minimum atomic E-state index is -1.86. The Morgan fingerprint density at radius 2 is 1.29 bits per heavy atom. The van der Waals surface area contributed by atoms with Crippen molar-refractivity contribution in [2.45, 2.75) is 13.8 Å². The summed E-state index contributed by atoms with van der Waals surface area (Å²) in [7, 11) is 0. The Morgan fingerprint density at radius 1 is 0.882 bits per heavy atom. The van der Waals surface area contributed by atoms with Crippen LogP contribution in [0.1, 0.15) is 11.1 Å². The van der Waals surface area contributed by atoms with Gasteiger partial charge >= 0.3 is 112 Å². The van der Waals surface area contributed by atoms with Crippen molar-refractivity contribution in [2.24, 2.45) is 0 Å². The van der Waals surface area contributed by atoms with Crippen molar-refractivity contribution in [3.05, 3.63) is 58.2 Å². The van der Waals surface area contributed by atoms with Crippen LogP contribution in [0.15, 0.2) is 36.7 Å². The van der Waals surface area contributed by atoms with Gasteiger partial charge in [0.1, 0.15) is 0 Å². The molecule has 4 nitrogen and oxygen atoms in total. The molecule has 0 saturated carbocycles. The first kappa shape index (κ1) is 12.3. The van der Waals surface area contributed by atoms with Crippen LogP contribution in [-0.4, -0.2) is 0 Å². The number of rotatable bonds is 2. The number of hydrogen-bond donors (Lipinski definition) is 0. The molecule has 84 valence electrons. The zero-order valence-corrected chi connectivity index (χ0v) is 15.4. The molecule has 0 unspecified atom stereocenters. The third-order valence-electron chi connectivity index (χ3n) is 2.66. The standard InChI is InChI=1S/2C6H6NO.Hg/c2*1-6-2-4-7(8)5-3-6;/h2*2-4H,1H3;. The molecule has 0 bridgehead atoms. The summed E-state index contributed by atoms with van der Waals surface area (Å²) in [5.74, 6) is 0. The Labute approximate surface area is 112 Å². The molecule has 0 aliphatic rings. The molecule has 0 spiro atoms. The summed E-state index contributed by atoms with van der Waals surface area (Å²) in [5, 5.41) is 23.3. The third-order valence-corrected chi connectivity index (χ3v) is 9.49. The SMILES string of the molecule is Cc1cc[n+]([O-])[c]([Hg][c]2cc(C)cc[n+]2[O-])c1. The van der Waals surface area contributed by atoms with Crippen LogP contribution in [0.25, 0.3) is 0 Å². The maximum atomic E-state index is 11.6. The van der Waals surface area contributed by atoms with Crippen molar-refractivity contribution < 1.29 is 34.0 Å². The van der Waals surface area contributed by atoms with E-state index in [9.17, 15) is 10.4 Å². The number of aryl methyl sites for hydroxylation is 2. The summed E-state index contributed by atoms with van der Waals surface area (Å²) in [4.78, 5) is 0. The second kappa shape index (κ2) is 5.00. The molecule has 2 aromatic heterocycles. The molecule has 2 heterocycles. The fourth-order valence-electron chi connectivity index (χ4n) is 1.75. The third kappa shape index (κ3) is 2.94. The first-order valence-corrected chi connectivity index (χ1v) is 10.9. The van der Waals surface area contributed by atoms with Gasteiger partial charge in [0, 0.05) is 0 Å². The van der Waals surface area contributed by atoms with Crippen molar-refractivity contribution in [1.82, 2.24) is 0 Å². The Kier molecular flexibility index (Phi) is 3.62. The summed E-state index contributed by atoms with van der Waals surface area (Å²) in [6.07, 6.45) is 3.05. The molecule has 0 radical (unpaired) electrons. The van der Waals surface area contributed by atoms with E-state index in [0.717, 1.165) is 27.0 Å². The monoisotopic (exact) mass is 418 g/mol. The van der Waals surface area contributed by atoms with Gasteiger partial charge in [0.15, 0.2) is 0 Å². The van der Waals surface area contributed by atoms with Crippen molar-refractivity contribution in [3.63, 3.8) is 0 Å². The number of nitrogens with zero attached hydrogens (tertiary/aromatic N) is 2. The van der Waals surface area contributed by atoms with Gasteiger partial charge in [-0.1, -0.05) is 0 Å². The number of pyridine rings is 2. The van der Waals surface area contributed by atoms with E-state index in [2.05, 4.69) is 0 Å². The van der Waals surface area contributed by atoms with Crippen molar-refractivity contribution >= 4 is 6.41 Å². The number of aromatic nitrogens is 2. The van der Waals surface area contributed by atoms with Gasteiger partial charge in [-0.25, -0.2) is 0 Å². The zero-order valence-electron chi connectivity index (χ0n) is 9.88. The molecule has 17 heavy (non-hydrogen) atoms. The predicted molar refractivity (Wildman–Crippen MR) is 59.5 cm³/mol. The average molecular weight is 417 g/mol. The molecule has 0 aromatic carbocycles. The van der Waals surface area contributed by atoms with Crippen LogP contribution in [0.2, 0.25) is 0 Å². The van der Waals surface area contributed by atoms with E-state index in [1.807, 2.05) is 26.0 Å². The van der Waals surface area contributed by atoms with Gasteiger partial charge in [0.05, 0.1) is 0 Å². The van der Waals surface area contributed by atoms with Crippen LogP contribution in [0, 0.1) is 24.3 Å². The second-order valence-electron chi connectivity index (χ2n) is 4.22. The molecule has 0 aliphatic carbocycles. The van der Waals surface area contributed by atoms with E-state index in [-0.39, 0.29) is 0 Å². The molecule has 0 N–H and O–H groups in total. The molecule has 5 heteroatoms. The van der Waals surface area contributed by atoms with Crippen LogP contribution in [0.3, 0.4) is 0 Å². The molecule has 0 amide bonds. The summed E-state index contributed by atoms with van der Waals surface area (Å²) in [5.41, 5.74) is 2.13. The summed E-state index contributed by atoms with van der Waals surface area (Å²) < 4.78 is 3.41. The number of hydrogen-bond acceptors (Lipinski definition) is 2. The van der Waals surface area contributed by atoms with Gasteiger partial charge in [0.25, 0.3) is 0 Å². The molecular formula is C12H12HgN2O2. The van der Waals surface area contributed by atoms with E-state index < -0.39 is 24.6 Å². The molecule has 2 aromatic rings. The van der Waals surface area contributed by atoms with E-state index in [4.69, 9.17) is 0 Å². The van der Waals surface area contributed by atoms with Gasteiger partial charge in [-0.2, -0.15) is 0 Å².